The normalized spacial score (nSPS) is 10.6. The first-order valence-corrected chi connectivity index (χ1v) is 6.25. The first-order valence-electron chi connectivity index (χ1n) is 6.25. The highest BCUT2D eigenvalue weighted by atomic mass is 19.1. The quantitative estimate of drug-likeness (QED) is 0.933. The van der Waals surface area contributed by atoms with Gasteiger partial charge in [-0.2, -0.15) is 5.10 Å². The lowest BCUT2D eigenvalue weighted by molar-refractivity contribution is 0.0697. The highest BCUT2D eigenvalue weighted by Crippen LogP contribution is 2.30. The molecule has 0 aliphatic heterocycles. The van der Waals surface area contributed by atoms with Crippen molar-refractivity contribution < 1.29 is 14.3 Å². The summed E-state index contributed by atoms with van der Waals surface area (Å²) in [5.74, 6) is -0.958. The fraction of sp³-hybridized carbons (Fsp3) is 0.286. The molecule has 0 aliphatic carbocycles. The van der Waals surface area contributed by atoms with E-state index in [-0.39, 0.29) is 11.4 Å². The average Bonchev–Trinajstić information content (AvgIpc) is 2.66. The molecule has 0 fully saturated rings. The molecule has 0 aliphatic rings. The summed E-state index contributed by atoms with van der Waals surface area (Å²) in [5, 5.41) is 13.5. The first kappa shape index (κ1) is 14.0. The van der Waals surface area contributed by atoms with E-state index in [0.29, 0.717) is 23.7 Å². The number of carboxylic acids is 1. The van der Waals surface area contributed by atoms with Crippen LogP contribution in [0.4, 0.5) is 15.9 Å². The van der Waals surface area contributed by atoms with Crippen LogP contribution < -0.4 is 4.90 Å². The van der Waals surface area contributed by atoms with E-state index in [9.17, 15) is 14.3 Å². The largest absolute Gasteiger partial charge is 0.477 e. The van der Waals surface area contributed by atoms with E-state index < -0.39 is 5.97 Å². The predicted octanol–water partition coefficient (Wildman–Crippen LogP) is 2.72. The van der Waals surface area contributed by atoms with Gasteiger partial charge in [0.05, 0.1) is 5.69 Å². The molecule has 1 aromatic carbocycles. The van der Waals surface area contributed by atoms with Crippen LogP contribution in [0, 0.1) is 12.7 Å². The summed E-state index contributed by atoms with van der Waals surface area (Å²) in [6.07, 6.45) is 0. The lowest BCUT2D eigenvalue weighted by Gasteiger charge is -2.23. The van der Waals surface area contributed by atoms with Crippen molar-refractivity contribution in [3.8, 4) is 0 Å². The number of nitrogens with zero attached hydrogens (tertiary/aromatic N) is 3. The first-order chi connectivity index (χ1) is 9.45. The van der Waals surface area contributed by atoms with Gasteiger partial charge in [-0.3, -0.25) is 4.68 Å². The summed E-state index contributed by atoms with van der Waals surface area (Å²) in [4.78, 5) is 13.1. The molecule has 1 heterocycles. The molecular weight excluding hydrogens is 261 g/mol. The van der Waals surface area contributed by atoms with Gasteiger partial charge in [-0.1, -0.05) is 6.07 Å². The van der Waals surface area contributed by atoms with Crippen molar-refractivity contribution in [2.24, 2.45) is 7.05 Å². The summed E-state index contributed by atoms with van der Waals surface area (Å²) in [7, 11) is 1.68. The minimum absolute atomic E-state index is 0.138. The van der Waals surface area contributed by atoms with Gasteiger partial charge in [0.1, 0.15) is 17.2 Å². The molecule has 20 heavy (non-hydrogen) atoms. The molecule has 6 heteroatoms. The van der Waals surface area contributed by atoms with Gasteiger partial charge in [0.25, 0.3) is 0 Å². The summed E-state index contributed by atoms with van der Waals surface area (Å²) in [5.41, 5.74) is 1.17. The number of aromatic carboxylic acids is 1. The predicted molar refractivity (Wildman–Crippen MR) is 74.0 cm³/mol. The van der Waals surface area contributed by atoms with Gasteiger partial charge in [0.15, 0.2) is 0 Å². The van der Waals surface area contributed by atoms with Gasteiger partial charge in [-0.15, -0.1) is 0 Å². The van der Waals surface area contributed by atoms with Crippen molar-refractivity contribution in [3.63, 3.8) is 0 Å². The molecule has 0 radical (unpaired) electrons. The fourth-order valence-corrected chi connectivity index (χ4v) is 2.30. The molecule has 1 N–H and O–H groups in total. The van der Waals surface area contributed by atoms with E-state index in [1.165, 1.54) is 16.8 Å². The van der Waals surface area contributed by atoms with Crippen LogP contribution in [0.25, 0.3) is 0 Å². The van der Waals surface area contributed by atoms with Crippen molar-refractivity contribution in [2.75, 3.05) is 11.4 Å². The zero-order valence-corrected chi connectivity index (χ0v) is 11.6. The van der Waals surface area contributed by atoms with Crippen LogP contribution in [0.5, 0.6) is 0 Å². The number of carbonyl (C=O) groups is 1. The van der Waals surface area contributed by atoms with Crippen molar-refractivity contribution in [2.45, 2.75) is 13.8 Å². The fourth-order valence-electron chi connectivity index (χ4n) is 2.30. The Hall–Kier alpha value is -2.37. The summed E-state index contributed by atoms with van der Waals surface area (Å²) in [6, 6.07) is 6.05. The smallest absolute Gasteiger partial charge is 0.341 e. The number of anilines is 2. The van der Waals surface area contributed by atoms with E-state index >= 15 is 0 Å². The van der Waals surface area contributed by atoms with E-state index in [0.717, 1.165) is 0 Å². The molecule has 0 saturated carbocycles. The van der Waals surface area contributed by atoms with Crippen LogP contribution in [0.1, 0.15) is 23.0 Å². The Balaban J connectivity index is 2.61. The Bertz CT molecular complexity index is 652. The summed E-state index contributed by atoms with van der Waals surface area (Å²) in [6.45, 7) is 4.02. The zero-order chi connectivity index (χ0) is 14.9. The molecule has 0 spiro atoms. The third-order valence-electron chi connectivity index (χ3n) is 3.10. The van der Waals surface area contributed by atoms with Crippen molar-refractivity contribution in [1.82, 2.24) is 9.78 Å². The number of rotatable bonds is 4. The van der Waals surface area contributed by atoms with Gasteiger partial charge in [0, 0.05) is 19.3 Å². The van der Waals surface area contributed by atoms with Gasteiger partial charge in [0.2, 0.25) is 0 Å². The Morgan fingerprint density at radius 1 is 1.50 bits per heavy atom. The van der Waals surface area contributed by atoms with Crippen LogP contribution >= 0.6 is 0 Å². The number of carboxylic acid groups (broad SMARTS) is 1. The molecule has 0 unspecified atom stereocenters. The lowest BCUT2D eigenvalue weighted by atomic mass is 10.2. The maximum atomic E-state index is 13.4. The third-order valence-corrected chi connectivity index (χ3v) is 3.10. The van der Waals surface area contributed by atoms with Crippen molar-refractivity contribution in [1.29, 1.82) is 0 Å². The summed E-state index contributed by atoms with van der Waals surface area (Å²) < 4.78 is 14.9. The minimum atomic E-state index is -1.04. The number of benzene rings is 1. The standard InChI is InChI=1S/C14H16FN3O2/c1-4-18(11-7-5-6-10(15)8-11)13-12(14(19)20)9(2)16-17(13)3/h5-8H,4H2,1-3H3,(H,19,20). The maximum Gasteiger partial charge on any atom is 0.341 e. The number of aromatic nitrogens is 2. The Labute approximate surface area is 116 Å². The molecule has 106 valence electrons. The van der Waals surface area contributed by atoms with Gasteiger partial charge in [-0.25, -0.2) is 9.18 Å². The van der Waals surface area contributed by atoms with E-state index in [2.05, 4.69) is 5.10 Å². The number of hydrogen-bond donors (Lipinski definition) is 1. The van der Waals surface area contributed by atoms with Crippen LogP contribution in [0.3, 0.4) is 0 Å². The van der Waals surface area contributed by atoms with Gasteiger partial charge >= 0.3 is 5.97 Å². The topological polar surface area (TPSA) is 58.4 Å². The van der Waals surface area contributed by atoms with Crippen LogP contribution in [-0.2, 0) is 7.05 Å². The SMILES string of the molecule is CCN(c1cccc(F)c1)c1c(C(=O)O)c(C)nn1C. The van der Waals surface area contributed by atoms with Crippen LogP contribution in [-0.4, -0.2) is 27.4 Å². The minimum Gasteiger partial charge on any atom is -0.477 e. The maximum absolute atomic E-state index is 13.4. The monoisotopic (exact) mass is 277 g/mol. The molecule has 1 aromatic heterocycles. The van der Waals surface area contributed by atoms with E-state index in [1.807, 2.05) is 6.92 Å². The molecule has 0 saturated heterocycles. The molecule has 2 aromatic rings. The molecule has 0 amide bonds. The Morgan fingerprint density at radius 2 is 2.20 bits per heavy atom. The second-order valence-electron chi connectivity index (χ2n) is 4.44. The van der Waals surface area contributed by atoms with Gasteiger partial charge < -0.3 is 10.0 Å². The second kappa shape index (κ2) is 5.32. The molecule has 5 nitrogen and oxygen atoms in total. The molecule has 0 atom stereocenters. The summed E-state index contributed by atoms with van der Waals surface area (Å²) >= 11 is 0. The number of halogens is 1. The highest BCUT2D eigenvalue weighted by molar-refractivity contribution is 5.95. The van der Waals surface area contributed by atoms with E-state index in [1.54, 1.807) is 31.0 Å². The van der Waals surface area contributed by atoms with Crippen LogP contribution in [0.2, 0.25) is 0 Å². The number of hydrogen-bond acceptors (Lipinski definition) is 3. The van der Waals surface area contributed by atoms with Crippen molar-refractivity contribution in [3.05, 3.63) is 41.3 Å². The van der Waals surface area contributed by atoms with Crippen LogP contribution in [0.15, 0.2) is 24.3 Å². The van der Waals surface area contributed by atoms with Crippen molar-refractivity contribution >= 4 is 17.5 Å². The van der Waals surface area contributed by atoms with E-state index in [4.69, 9.17) is 0 Å². The number of aryl methyl sites for hydroxylation is 2. The Morgan fingerprint density at radius 3 is 2.75 bits per heavy atom. The lowest BCUT2D eigenvalue weighted by Crippen LogP contribution is -2.21. The van der Waals surface area contributed by atoms with Gasteiger partial charge in [-0.05, 0) is 32.0 Å². The molecule has 0 bridgehead atoms. The molecular formula is C14H16FN3O2. The second-order valence-corrected chi connectivity index (χ2v) is 4.44. The molecule has 2 rings (SSSR count). The third kappa shape index (κ3) is 2.36. The zero-order valence-electron chi connectivity index (χ0n) is 11.6. The highest BCUT2D eigenvalue weighted by Gasteiger charge is 2.24. The average molecular weight is 277 g/mol. The Kier molecular flexibility index (Phi) is 3.74.